The lowest BCUT2D eigenvalue weighted by Crippen LogP contribution is -2.27. The maximum atomic E-state index is 5.68. The van der Waals surface area contributed by atoms with Crippen LogP contribution in [0, 0.1) is 0 Å². The van der Waals surface area contributed by atoms with Gasteiger partial charge in [0.05, 0.1) is 6.61 Å². The van der Waals surface area contributed by atoms with Gasteiger partial charge in [0.1, 0.15) is 5.75 Å². The van der Waals surface area contributed by atoms with Gasteiger partial charge in [-0.15, -0.1) is 0 Å². The van der Waals surface area contributed by atoms with Crippen LogP contribution in [0.2, 0.25) is 0 Å². The van der Waals surface area contributed by atoms with E-state index in [2.05, 4.69) is 40.3 Å². The molecule has 94 valence electrons. The molecule has 2 rings (SSSR count). The highest BCUT2D eigenvalue weighted by Crippen LogP contribution is 2.33. The topological polar surface area (TPSA) is 21.3 Å². The Balaban J connectivity index is 1.98. The largest absolute Gasteiger partial charge is 0.493 e. The molecule has 2 nitrogen and oxygen atoms in total. The summed E-state index contributed by atoms with van der Waals surface area (Å²) in [6.45, 7) is 4.16. The first-order valence-corrected chi connectivity index (χ1v) is 7.26. The van der Waals surface area contributed by atoms with Gasteiger partial charge in [0.15, 0.2) is 0 Å². The fourth-order valence-electron chi connectivity index (χ4n) is 2.23. The predicted octanol–water partition coefficient (Wildman–Crippen LogP) is 4.05. The van der Waals surface area contributed by atoms with Gasteiger partial charge in [-0.2, -0.15) is 0 Å². The summed E-state index contributed by atoms with van der Waals surface area (Å²) in [5, 5.41) is 3.64. The van der Waals surface area contributed by atoms with Crippen LogP contribution < -0.4 is 10.1 Å². The van der Waals surface area contributed by atoms with Crippen molar-refractivity contribution in [2.45, 2.75) is 38.6 Å². The third kappa shape index (κ3) is 3.46. The molecule has 0 saturated carbocycles. The summed E-state index contributed by atoms with van der Waals surface area (Å²) in [5.74, 6) is 1.03. The number of halogens is 1. The van der Waals surface area contributed by atoms with Crippen LogP contribution in [0.4, 0.5) is 0 Å². The van der Waals surface area contributed by atoms with Crippen LogP contribution in [0.25, 0.3) is 0 Å². The van der Waals surface area contributed by atoms with Crippen molar-refractivity contribution < 1.29 is 4.74 Å². The van der Waals surface area contributed by atoms with Crippen molar-refractivity contribution in [1.82, 2.24) is 5.32 Å². The molecular weight excluding hydrogens is 278 g/mol. The van der Waals surface area contributed by atoms with E-state index in [1.54, 1.807) is 0 Å². The first kappa shape index (κ1) is 12.9. The lowest BCUT2D eigenvalue weighted by atomic mass is 10.0. The zero-order valence-electron chi connectivity index (χ0n) is 10.3. The van der Waals surface area contributed by atoms with Crippen molar-refractivity contribution in [2.24, 2.45) is 0 Å². The number of fused-ring (bicyclic) bond motifs is 1. The van der Waals surface area contributed by atoms with Gasteiger partial charge in [-0.05, 0) is 31.2 Å². The third-order valence-electron chi connectivity index (χ3n) is 3.18. The minimum Gasteiger partial charge on any atom is -0.493 e. The first-order valence-electron chi connectivity index (χ1n) is 6.47. The Kier molecular flexibility index (Phi) is 4.86. The van der Waals surface area contributed by atoms with Crippen molar-refractivity contribution >= 4 is 15.9 Å². The Bertz CT molecular complexity index is 367. The molecular formula is C14H20BrNO. The van der Waals surface area contributed by atoms with Gasteiger partial charge in [0.25, 0.3) is 0 Å². The summed E-state index contributed by atoms with van der Waals surface area (Å²) in [6.07, 6.45) is 4.91. The highest BCUT2D eigenvalue weighted by Gasteiger charge is 2.20. The van der Waals surface area contributed by atoms with E-state index in [1.165, 1.54) is 24.8 Å². The summed E-state index contributed by atoms with van der Waals surface area (Å²) < 4.78 is 6.80. The van der Waals surface area contributed by atoms with Crippen molar-refractivity contribution in [3.05, 3.63) is 28.2 Å². The van der Waals surface area contributed by atoms with Crippen LogP contribution in [0.1, 0.15) is 44.2 Å². The van der Waals surface area contributed by atoms with Crippen LogP contribution in [0.3, 0.4) is 0 Å². The van der Waals surface area contributed by atoms with E-state index < -0.39 is 0 Å². The number of hydrogen-bond acceptors (Lipinski definition) is 2. The van der Waals surface area contributed by atoms with Gasteiger partial charge >= 0.3 is 0 Å². The average Bonchev–Trinajstić information content (AvgIpc) is 2.35. The number of benzene rings is 1. The maximum absolute atomic E-state index is 5.68. The molecule has 17 heavy (non-hydrogen) atoms. The summed E-state index contributed by atoms with van der Waals surface area (Å²) in [5.41, 5.74) is 1.29. The van der Waals surface area contributed by atoms with E-state index in [1.807, 2.05) is 6.07 Å². The molecule has 0 bridgehead atoms. The molecule has 1 unspecified atom stereocenters. The molecule has 3 heteroatoms. The molecule has 0 spiro atoms. The summed E-state index contributed by atoms with van der Waals surface area (Å²) >= 11 is 3.53. The monoisotopic (exact) mass is 297 g/mol. The lowest BCUT2D eigenvalue weighted by molar-refractivity contribution is 0.252. The lowest BCUT2D eigenvalue weighted by Gasteiger charge is -2.27. The van der Waals surface area contributed by atoms with Gasteiger partial charge in [-0.1, -0.05) is 35.7 Å². The van der Waals surface area contributed by atoms with Gasteiger partial charge in [0.2, 0.25) is 0 Å². The Morgan fingerprint density at radius 3 is 3.12 bits per heavy atom. The first-order chi connectivity index (χ1) is 8.31. The van der Waals surface area contributed by atoms with Crippen LogP contribution in [0.5, 0.6) is 5.75 Å². The Morgan fingerprint density at radius 2 is 2.29 bits per heavy atom. The summed E-state index contributed by atoms with van der Waals surface area (Å²) in [6, 6.07) is 6.72. The van der Waals surface area contributed by atoms with E-state index in [0.717, 1.165) is 29.8 Å². The molecule has 0 radical (unpaired) electrons. The van der Waals surface area contributed by atoms with Crippen molar-refractivity contribution in [3.63, 3.8) is 0 Å². The van der Waals surface area contributed by atoms with Gasteiger partial charge in [0, 0.05) is 22.5 Å². The highest BCUT2D eigenvalue weighted by atomic mass is 79.9. The molecule has 1 aromatic carbocycles. The van der Waals surface area contributed by atoms with Crippen molar-refractivity contribution in [3.8, 4) is 5.75 Å². The minimum atomic E-state index is 0.452. The molecule has 0 fully saturated rings. The standard InChI is InChI=1S/C14H20BrNO/c1-2-3-4-8-16-13-7-9-17-14-6-5-11(15)10-12(13)14/h5-6,10,13,16H,2-4,7-9H2,1H3. The quantitative estimate of drug-likeness (QED) is 0.828. The fraction of sp³-hybridized carbons (Fsp3) is 0.571. The molecule has 1 atom stereocenters. The molecule has 1 aliphatic rings. The number of unbranched alkanes of at least 4 members (excludes halogenated alkanes) is 2. The molecule has 1 heterocycles. The van der Waals surface area contributed by atoms with E-state index in [9.17, 15) is 0 Å². The molecule has 1 aromatic rings. The number of hydrogen-bond donors (Lipinski definition) is 1. The molecule has 0 aromatic heterocycles. The van der Waals surface area contributed by atoms with Crippen molar-refractivity contribution in [1.29, 1.82) is 0 Å². The molecule has 0 aliphatic carbocycles. The SMILES string of the molecule is CCCCCNC1CCOc2ccc(Br)cc21. The van der Waals surface area contributed by atoms with Crippen LogP contribution in [0.15, 0.2) is 22.7 Å². The van der Waals surface area contributed by atoms with E-state index in [4.69, 9.17) is 4.74 Å². The molecule has 1 N–H and O–H groups in total. The zero-order chi connectivity index (χ0) is 12.1. The average molecular weight is 298 g/mol. The summed E-state index contributed by atoms with van der Waals surface area (Å²) in [7, 11) is 0. The van der Waals surface area contributed by atoms with Gasteiger partial charge in [-0.25, -0.2) is 0 Å². The molecule has 0 saturated heterocycles. The van der Waals surface area contributed by atoms with Gasteiger partial charge in [-0.3, -0.25) is 0 Å². The van der Waals surface area contributed by atoms with E-state index in [0.29, 0.717) is 6.04 Å². The smallest absolute Gasteiger partial charge is 0.124 e. The summed E-state index contributed by atoms with van der Waals surface area (Å²) in [4.78, 5) is 0. The number of ether oxygens (including phenoxy) is 1. The normalized spacial score (nSPS) is 18.6. The second-order valence-corrected chi connectivity index (χ2v) is 5.45. The number of rotatable bonds is 5. The Morgan fingerprint density at radius 1 is 1.41 bits per heavy atom. The Labute approximate surface area is 112 Å². The van der Waals surface area contributed by atoms with Gasteiger partial charge < -0.3 is 10.1 Å². The second-order valence-electron chi connectivity index (χ2n) is 4.53. The van der Waals surface area contributed by atoms with E-state index >= 15 is 0 Å². The highest BCUT2D eigenvalue weighted by molar-refractivity contribution is 9.10. The molecule has 0 amide bonds. The van der Waals surface area contributed by atoms with Crippen LogP contribution in [-0.4, -0.2) is 13.2 Å². The Hall–Kier alpha value is -0.540. The van der Waals surface area contributed by atoms with Crippen molar-refractivity contribution in [2.75, 3.05) is 13.2 Å². The van der Waals surface area contributed by atoms with Crippen LogP contribution in [-0.2, 0) is 0 Å². The van der Waals surface area contributed by atoms with E-state index in [-0.39, 0.29) is 0 Å². The maximum Gasteiger partial charge on any atom is 0.124 e. The third-order valence-corrected chi connectivity index (χ3v) is 3.68. The number of nitrogens with one attached hydrogen (secondary N) is 1. The predicted molar refractivity (Wildman–Crippen MR) is 74.5 cm³/mol. The van der Waals surface area contributed by atoms with Crippen LogP contribution >= 0.6 is 15.9 Å². The molecule has 1 aliphatic heterocycles. The second kappa shape index (κ2) is 6.41. The fourth-order valence-corrected chi connectivity index (χ4v) is 2.61. The minimum absolute atomic E-state index is 0.452. The zero-order valence-corrected chi connectivity index (χ0v) is 11.9.